The lowest BCUT2D eigenvalue weighted by Crippen LogP contribution is -2.18. The first-order chi connectivity index (χ1) is 7.58. The van der Waals surface area contributed by atoms with Crippen molar-refractivity contribution < 1.29 is 4.18 Å². The van der Waals surface area contributed by atoms with Gasteiger partial charge in [-0.2, -0.15) is 17.9 Å². The Morgan fingerprint density at radius 1 is 1.41 bits per heavy atom. The molecule has 0 fully saturated rings. The van der Waals surface area contributed by atoms with Crippen molar-refractivity contribution >= 4 is 42.3 Å². The molecule has 0 radical (unpaired) electrons. The number of rotatable bonds is 3. The molecular formula is C10H16N4OS2. The van der Waals surface area contributed by atoms with E-state index in [1.165, 1.54) is 4.41 Å². The fourth-order valence-electron chi connectivity index (χ4n) is 1.52. The molecule has 1 aromatic heterocycles. The lowest BCUT2D eigenvalue weighted by atomic mass is 10.2. The van der Waals surface area contributed by atoms with Gasteiger partial charge in [-0.3, -0.25) is 5.84 Å². The predicted octanol–water partition coefficient (Wildman–Crippen LogP) is 1.62. The number of hydrogen-bond acceptors (Lipinski definition) is 5. The molecule has 94 valence electrons. The van der Waals surface area contributed by atoms with E-state index in [4.69, 9.17) is 15.8 Å². The van der Waals surface area contributed by atoms with E-state index in [1.807, 2.05) is 29.9 Å². The molecule has 0 aliphatic carbocycles. The average Bonchev–Trinajstić information content (AvgIpc) is 2.58. The van der Waals surface area contributed by atoms with E-state index in [2.05, 4.69) is 0 Å². The number of aryl methyl sites for hydroxylation is 1. The van der Waals surface area contributed by atoms with Gasteiger partial charge in [-0.15, -0.1) is 0 Å². The number of nitrogen functional groups attached to an aromatic ring is 1. The Morgan fingerprint density at radius 2 is 2.12 bits per heavy atom. The Hall–Kier alpha value is -1.02. The second kappa shape index (κ2) is 5.54. The molecule has 0 bridgehead atoms. The van der Waals surface area contributed by atoms with Gasteiger partial charge in [0.1, 0.15) is 5.75 Å². The van der Waals surface area contributed by atoms with Gasteiger partial charge in [0.2, 0.25) is 0 Å². The lowest BCUT2D eigenvalue weighted by molar-refractivity contribution is 0.534. The van der Waals surface area contributed by atoms with Crippen LogP contribution >= 0.6 is 25.7 Å². The normalized spacial score (nSPS) is 10.6. The minimum atomic E-state index is 0. The minimum Gasteiger partial charge on any atom is -0.408 e. The lowest BCUT2D eigenvalue weighted by Gasteiger charge is -2.09. The Morgan fingerprint density at radius 3 is 2.76 bits per heavy atom. The van der Waals surface area contributed by atoms with Crippen LogP contribution in [0.15, 0.2) is 24.4 Å². The SMILES string of the molecule is CN(N)SOc1cc(N)c2ccn(C)c2c1.S. The number of hydrogen-bond donors (Lipinski definition) is 2. The second-order valence-corrected chi connectivity index (χ2v) is 4.47. The highest BCUT2D eigenvalue weighted by molar-refractivity contribution is 7.92. The number of nitrogens with two attached hydrogens (primary N) is 2. The van der Waals surface area contributed by atoms with E-state index >= 15 is 0 Å². The maximum Gasteiger partial charge on any atom is 0.161 e. The van der Waals surface area contributed by atoms with Gasteiger partial charge < -0.3 is 14.5 Å². The summed E-state index contributed by atoms with van der Waals surface area (Å²) >= 11 is 1.06. The molecule has 0 unspecified atom stereocenters. The number of hydrazine groups is 1. The van der Waals surface area contributed by atoms with Gasteiger partial charge in [0.15, 0.2) is 12.2 Å². The van der Waals surface area contributed by atoms with Gasteiger partial charge in [-0.25, -0.2) is 0 Å². The molecule has 2 rings (SSSR count). The van der Waals surface area contributed by atoms with Crippen LogP contribution in [-0.4, -0.2) is 16.0 Å². The third kappa shape index (κ3) is 3.01. The Labute approximate surface area is 111 Å². The van der Waals surface area contributed by atoms with E-state index in [0.717, 1.165) is 23.1 Å². The van der Waals surface area contributed by atoms with Crippen molar-refractivity contribution in [2.24, 2.45) is 12.9 Å². The summed E-state index contributed by atoms with van der Waals surface area (Å²) in [5.74, 6) is 6.12. The maximum absolute atomic E-state index is 5.93. The molecule has 0 atom stereocenters. The quantitative estimate of drug-likeness (QED) is 0.292. The number of anilines is 1. The van der Waals surface area contributed by atoms with Crippen LogP contribution in [0.5, 0.6) is 5.75 Å². The fourth-order valence-corrected chi connectivity index (χ4v) is 1.82. The number of nitrogens with zero attached hydrogens (tertiary/aromatic N) is 2. The van der Waals surface area contributed by atoms with Gasteiger partial charge in [0, 0.05) is 43.5 Å². The molecule has 7 heteroatoms. The summed E-state index contributed by atoms with van der Waals surface area (Å²) in [5.41, 5.74) is 7.67. The first-order valence-electron chi connectivity index (χ1n) is 4.75. The van der Waals surface area contributed by atoms with Gasteiger partial charge in [0.25, 0.3) is 0 Å². The maximum atomic E-state index is 5.93. The monoisotopic (exact) mass is 272 g/mol. The third-order valence-corrected chi connectivity index (χ3v) is 2.76. The first-order valence-corrected chi connectivity index (χ1v) is 5.45. The van der Waals surface area contributed by atoms with E-state index in [1.54, 1.807) is 13.1 Å². The zero-order valence-corrected chi connectivity index (χ0v) is 11.5. The number of fused-ring (bicyclic) bond motifs is 1. The minimum absolute atomic E-state index is 0. The van der Waals surface area contributed by atoms with Crippen LogP contribution in [0.25, 0.3) is 10.9 Å². The molecule has 0 amide bonds. The number of benzene rings is 1. The van der Waals surface area contributed by atoms with Gasteiger partial charge in [-0.1, -0.05) is 0 Å². The summed E-state index contributed by atoms with van der Waals surface area (Å²) < 4.78 is 8.78. The molecule has 1 heterocycles. The zero-order valence-electron chi connectivity index (χ0n) is 9.68. The van der Waals surface area contributed by atoms with Crippen LogP contribution in [0.1, 0.15) is 0 Å². The van der Waals surface area contributed by atoms with Crippen LogP contribution in [0.2, 0.25) is 0 Å². The van der Waals surface area contributed by atoms with Crippen LogP contribution in [-0.2, 0) is 7.05 Å². The fraction of sp³-hybridized carbons (Fsp3) is 0.200. The molecule has 0 aliphatic rings. The highest BCUT2D eigenvalue weighted by Crippen LogP contribution is 2.29. The standard InChI is InChI=1S/C10H14N4OS.H2S/c1-13-4-3-8-9(11)5-7(6-10(8)13)15-16-14(2)12;/h3-6H,11-12H2,1-2H3;1H2. The molecule has 0 saturated carbocycles. The predicted molar refractivity (Wildman–Crippen MR) is 77.9 cm³/mol. The van der Waals surface area contributed by atoms with Crippen molar-refractivity contribution in [1.82, 2.24) is 8.98 Å². The molecule has 2 aromatic rings. The summed E-state index contributed by atoms with van der Waals surface area (Å²) in [6, 6.07) is 5.71. The highest BCUT2D eigenvalue weighted by Gasteiger charge is 2.06. The van der Waals surface area contributed by atoms with Crippen molar-refractivity contribution in [3.63, 3.8) is 0 Å². The van der Waals surface area contributed by atoms with E-state index in [9.17, 15) is 0 Å². The molecule has 1 aromatic carbocycles. The smallest absolute Gasteiger partial charge is 0.161 e. The summed E-state index contributed by atoms with van der Waals surface area (Å²) in [6.07, 6.45) is 1.97. The summed E-state index contributed by atoms with van der Waals surface area (Å²) in [5, 5.41) is 1.03. The van der Waals surface area contributed by atoms with Crippen molar-refractivity contribution in [2.75, 3.05) is 12.8 Å². The van der Waals surface area contributed by atoms with Crippen molar-refractivity contribution in [1.29, 1.82) is 0 Å². The van der Waals surface area contributed by atoms with Crippen LogP contribution < -0.4 is 15.8 Å². The van der Waals surface area contributed by atoms with Gasteiger partial charge in [-0.05, 0) is 6.07 Å². The van der Waals surface area contributed by atoms with Crippen molar-refractivity contribution in [3.05, 3.63) is 24.4 Å². The largest absolute Gasteiger partial charge is 0.408 e. The summed E-state index contributed by atoms with van der Waals surface area (Å²) in [6.45, 7) is 0. The Kier molecular flexibility index (Phi) is 4.58. The van der Waals surface area contributed by atoms with Gasteiger partial charge >= 0.3 is 0 Å². The van der Waals surface area contributed by atoms with Crippen molar-refractivity contribution in [3.8, 4) is 5.75 Å². The molecule has 0 spiro atoms. The first kappa shape index (κ1) is 14.0. The third-order valence-electron chi connectivity index (χ3n) is 2.26. The number of aromatic nitrogens is 1. The average molecular weight is 272 g/mol. The zero-order chi connectivity index (χ0) is 11.7. The molecule has 5 nitrogen and oxygen atoms in total. The molecule has 17 heavy (non-hydrogen) atoms. The second-order valence-electron chi connectivity index (χ2n) is 3.58. The van der Waals surface area contributed by atoms with E-state index in [-0.39, 0.29) is 13.5 Å². The Balaban J connectivity index is 0.00000144. The summed E-state index contributed by atoms with van der Waals surface area (Å²) in [4.78, 5) is 0. The molecule has 0 saturated heterocycles. The van der Waals surface area contributed by atoms with E-state index in [0.29, 0.717) is 11.4 Å². The van der Waals surface area contributed by atoms with Crippen LogP contribution in [0.4, 0.5) is 5.69 Å². The van der Waals surface area contributed by atoms with Crippen molar-refractivity contribution in [2.45, 2.75) is 0 Å². The van der Waals surface area contributed by atoms with Crippen LogP contribution in [0.3, 0.4) is 0 Å². The molecular weight excluding hydrogens is 256 g/mol. The topological polar surface area (TPSA) is 69.4 Å². The molecule has 4 N–H and O–H groups in total. The highest BCUT2D eigenvalue weighted by atomic mass is 32.2. The van der Waals surface area contributed by atoms with E-state index < -0.39 is 0 Å². The molecule has 0 aliphatic heterocycles. The summed E-state index contributed by atoms with van der Waals surface area (Å²) in [7, 11) is 3.67. The Bertz CT molecular complexity index is 512. The van der Waals surface area contributed by atoms with Crippen LogP contribution in [0, 0.1) is 0 Å². The van der Waals surface area contributed by atoms with Gasteiger partial charge in [0.05, 0.1) is 5.52 Å².